The quantitative estimate of drug-likeness (QED) is 0.735. The van der Waals surface area contributed by atoms with Gasteiger partial charge in [0.25, 0.3) is 5.22 Å². The van der Waals surface area contributed by atoms with Crippen molar-refractivity contribution in [3.05, 3.63) is 24.5 Å². The molecule has 19 heavy (non-hydrogen) atoms. The van der Waals surface area contributed by atoms with E-state index in [4.69, 9.17) is 4.42 Å². The van der Waals surface area contributed by atoms with Crippen molar-refractivity contribution in [2.24, 2.45) is 0 Å². The Morgan fingerprint density at radius 3 is 3.16 bits per heavy atom. The molecule has 2 aromatic heterocycles. The lowest BCUT2D eigenvalue weighted by atomic mass is 10.2. The molecule has 0 spiro atoms. The van der Waals surface area contributed by atoms with Crippen LogP contribution in [0.15, 0.2) is 34.2 Å². The average Bonchev–Trinajstić information content (AvgIpc) is 3.04. The van der Waals surface area contributed by atoms with Crippen molar-refractivity contribution in [1.29, 1.82) is 0 Å². The summed E-state index contributed by atoms with van der Waals surface area (Å²) in [5.74, 6) is 0.840. The van der Waals surface area contributed by atoms with Crippen molar-refractivity contribution in [2.75, 3.05) is 5.75 Å². The summed E-state index contributed by atoms with van der Waals surface area (Å²) in [6.07, 6.45) is 1.64. The van der Waals surface area contributed by atoms with Crippen LogP contribution in [0, 0.1) is 0 Å². The summed E-state index contributed by atoms with van der Waals surface area (Å²) >= 11 is 1.24. The number of imidazole rings is 1. The maximum atomic E-state index is 10.9. The zero-order valence-corrected chi connectivity index (χ0v) is 10.9. The Morgan fingerprint density at radius 2 is 2.32 bits per heavy atom. The van der Waals surface area contributed by atoms with Gasteiger partial charge in [-0.05, 0) is 25.1 Å². The standard InChI is InChI=1S/C12H10N4O2S/c1-7(17)5-19-12-16-15-11(18-12)8-2-3-9-10(4-8)14-6-13-9/h2-4,6H,5H2,1H3,(H,13,14). The molecule has 1 aromatic carbocycles. The molecule has 0 amide bonds. The number of ketones is 1. The van der Waals surface area contributed by atoms with Crippen molar-refractivity contribution in [1.82, 2.24) is 20.2 Å². The second-order valence-electron chi connectivity index (χ2n) is 4.00. The lowest BCUT2D eigenvalue weighted by Gasteiger charge is -1.94. The van der Waals surface area contributed by atoms with Crippen LogP contribution in [0.2, 0.25) is 0 Å². The highest BCUT2D eigenvalue weighted by Gasteiger charge is 2.10. The molecule has 2 heterocycles. The van der Waals surface area contributed by atoms with Crippen LogP contribution in [0.5, 0.6) is 0 Å². The van der Waals surface area contributed by atoms with E-state index >= 15 is 0 Å². The number of fused-ring (bicyclic) bond motifs is 1. The molecule has 0 fully saturated rings. The van der Waals surface area contributed by atoms with Gasteiger partial charge in [-0.1, -0.05) is 11.8 Å². The number of nitrogens with one attached hydrogen (secondary N) is 1. The Balaban J connectivity index is 1.86. The predicted octanol–water partition coefficient (Wildman–Crippen LogP) is 2.29. The summed E-state index contributed by atoms with van der Waals surface area (Å²) in [6, 6.07) is 5.65. The van der Waals surface area contributed by atoms with Crippen LogP contribution in [-0.2, 0) is 4.79 Å². The summed E-state index contributed by atoms with van der Waals surface area (Å²) in [5, 5.41) is 8.27. The fraction of sp³-hybridized carbons (Fsp3) is 0.167. The molecule has 0 aliphatic heterocycles. The zero-order chi connectivity index (χ0) is 13.2. The third kappa shape index (κ3) is 2.50. The molecule has 0 aliphatic rings. The van der Waals surface area contributed by atoms with Gasteiger partial charge in [-0.3, -0.25) is 4.79 Å². The molecular formula is C12H10N4O2S. The first-order valence-electron chi connectivity index (χ1n) is 5.61. The lowest BCUT2D eigenvalue weighted by Crippen LogP contribution is -1.92. The molecular weight excluding hydrogens is 264 g/mol. The fourth-order valence-electron chi connectivity index (χ4n) is 1.62. The van der Waals surface area contributed by atoms with Crippen LogP contribution in [-0.4, -0.2) is 31.7 Å². The Labute approximate surface area is 112 Å². The Morgan fingerprint density at radius 1 is 1.42 bits per heavy atom. The topological polar surface area (TPSA) is 84.7 Å². The molecule has 0 unspecified atom stereocenters. The first-order valence-corrected chi connectivity index (χ1v) is 6.60. The number of carbonyl (C=O) groups excluding carboxylic acids is 1. The van der Waals surface area contributed by atoms with Crippen molar-refractivity contribution >= 4 is 28.6 Å². The summed E-state index contributed by atoms with van der Waals surface area (Å²) in [7, 11) is 0. The van der Waals surface area contributed by atoms with Gasteiger partial charge in [0.2, 0.25) is 5.89 Å². The molecule has 6 nitrogen and oxygen atoms in total. The van der Waals surface area contributed by atoms with E-state index in [1.165, 1.54) is 18.7 Å². The molecule has 7 heteroatoms. The van der Waals surface area contributed by atoms with Crippen molar-refractivity contribution in [2.45, 2.75) is 12.1 Å². The second kappa shape index (κ2) is 4.85. The number of aromatic nitrogens is 4. The van der Waals surface area contributed by atoms with E-state index in [1.807, 2.05) is 18.2 Å². The SMILES string of the molecule is CC(=O)CSc1nnc(-c2ccc3nc[nH]c3c2)o1. The number of thioether (sulfide) groups is 1. The number of carbonyl (C=O) groups is 1. The average molecular weight is 274 g/mol. The number of hydrogen-bond acceptors (Lipinski definition) is 6. The van der Waals surface area contributed by atoms with Crippen LogP contribution >= 0.6 is 11.8 Å². The predicted molar refractivity (Wildman–Crippen MR) is 70.8 cm³/mol. The van der Waals surface area contributed by atoms with Gasteiger partial charge in [-0.2, -0.15) is 0 Å². The molecule has 0 atom stereocenters. The normalized spacial score (nSPS) is 11.0. The maximum Gasteiger partial charge on any atom is 0.277 e. The van der Waals surface area contributed by atoms with Crippen LogP contribution in [0.4, 0.5) is 0 Å². The van der Waals surface area contributed by atoms with Gasteiger partial charge in [-0.25, -0.2) is 4.98 Å². The highest BCUT2D eigenvalue weighted by Crippen LogP contribution is 2.25. The first kappa shape index (κ1) is 11.9. The minimum atomic E-state index is 0.0728. The first-order chi connectivity index (χ1) is 9.22. The minimum absolute atomic E-state index is 0.0728. The van der Waals surface area contributed by atoms with Crippen LogP contribution in [0.1, 0.15) is 6.92 Å². The highest BCUT2D eigenvalue weighted by molar-refractivity contribution is 7.99. The van der Waals surface area contributed by atoms with Gasteiger partial charge in [0.15, 0.2) is 0 Å². The monoisotopic (exact) mass is 274 g/mol. The van der Waals surface area contributed by atoms with Gasteiger partial charge in [-0.15, -0.1) is 10.2 Å². The van der Waals surface area contributed by atoms with E-state index in [-0.39, 0.29) is 5.78 Å². The number of benzene rings is 1. The van der Waals surface area contributed by atoms with Crippen molar-refractivity contribution < 1.29 is 9.21 Å². The van der Waals surface area contributed by atoms with E-state index in [9.17, 15) is 4.79 Å². The Hall–Kier alpha value is -2.15. The number of nitrogens with zero attached hydrogens (tertiary/aromatic N) is 3. The summed E-state index contributed by atoms with van der Waals surface area (Å²) < 4.78 is 5.50. The zero-order valence-electron chi connectivity index (χ0n) is 10.1. The minimum Gasteiger partial charge on any atom is -0.411 e. The maximum absolute atomic E-state index is 10.9. The van der Waals surface area contributed by atoms with Gasteiger partial charge in [0.1, 0.15) is 5.78 Å². The molecule has 0 saturated heterocycles. The number of Topliss-reactive ketones (excluding diaryl/α,β-unsaturated/α-hetero) is 1. The number of aromatic amines is 1. The summed E-state index contributed by atoms with van der Waals surface area (Å²) in [4.78, 5) is 18.1. The van der Waals surface area contributed by atoms with Crippen LogP contribution < -0.4 is 0 Å². The van der Waals surface area contributed by atoms with E-state index in [1.54, 1.807) is 6.33 Å². The Bertz CT molecular complexity index is 734. The molecule has 0 saturated carbocycles. The number of hydrogen-bond donors (Lipinski definition) is 1. The van der Waals surface area contributed by atoms with E-state index in [2.05, 4.69) is 20.2 Å². The van der Waals surface area contributed by atoms with Crippen LogP contribution in [0.25, 0.3) is 22.5 Å². The van der Waals surface area contributed by atoms with Gasteiger partial charge in [0.05, 0.1) is 23.1 Å². The van der Waals surface area contributed by atoms with Gasteiger partial charge < -0.3 is 9.40 Å². The third-order valence-corrected chi connectivity index (χ3v) is 3.44. The van der Waals surface area contributed by atoms with Gasteiger partial charge >= 0.3 is 0 Å². The largest absolute Gasteiger partial charge is 0.411 e. The lowest BCUT2D eigenvalue weighted by molar-refractivity contribution is -0.114. The molecule has 0 aliphatic carbocycles. The number of H-pyrrole nitrogens is 1. The van der Waals surface area contributed by atoms with E-state index in [0.29, 0.717) is 16.9 Å². The smallest absolute Gasteiger partial charge is 0.277 e. The van der Waals surface area contributed by atoms with E-state index < -0.39 is 0 Å². The van der Waals surface area contributed by atoms with Crippen molar-refractivity contribution in [3.63, 3.8) is 0 Å². The van der Waals surface area contributed by atoms with Gasteiger partial charge in [0, 0.05) is 5.56 Å². The second-order valence-corrected chi connectivity index (χ2v) is 4.92. The molecule has 0 radical (unpaired) electrons. The van der Waals surface area contributed by atoms with Crippen molar-refractivity contribution in [3.8, 4) is 11.5 Å². The summed E-state index contributed by atoms with van der Waals surface area (Å²) in [6.45, 7) is 1.52. The molecule has 1 N–H and O–H groups in total. The molecule has 96 valence electrons. The molecule has 0 bridgehead atoms. The Kier molecular flexibility index (Phi) is 3.04. The molecule has 3 rings (SSSR count). The van der Waals surface area contributed by atoms with E-state index in [0.717, 1.165) is 16.6 Å². The fourth-order valence-corrected chi connectivity index (χ4v) is 2.18. The third-order valence-electron chi connectivity index (χ3n) is 2.47. The molecule has 3 aromatic rings. The van der Waals surface area contributed by atoms with Crippen LogP contribution in [0.3, 0.4) is 0 Å². The summed E-state index contributed by atoms with van der Waals surface area (Å²) in [5.41, 5.74) is 2.61. The number of rotatable bonds is 4. The highest BCUT2D eigenvalue weighted by atomic mass is 32.2.